The molecule has 0 radical (unpaired) electrons. The standard InChI is InChI=1S/C16H20N2O2/c1-9(2)16(3)14-11(8-13(18-16)15(19)20)10-6-4-5-7-12(10)17-14/h4-7,9,13,17-18H,8H2,1-3H3,(H,19,20)/t13-,16?/m0/s1. The fourth-order valence-electron chi connectivity index (χ4n) is 3.15. The van der Waals surface area contributed by atoms with Crippen LogP contribution in [0.15, 0.2) is 24.3 Å². The van der Waals surface area contributed by atoms with Crippen LogP contribution in [0.3, 0.4) is 0 Å². The van der Waals surface area contributed by atoms with Crippen molar-refractivity contribution in [2.24, 2.45) is 5.92 Å². The summed E-state index contributed by atoms with van der Waals surface area (Å²) in [6.45, 7) is 6.32. The van der Waals surface area contributed by atoms with Gasteiger partial charge in [-0.15, -0.1) is 0 Å². The molecule has 3 N–H and O–H groups in total. The minimum absolute atomic E-state index is 0.288. The van der Waals surface area contributed by atoms with Crippen LogP contribution >= 0.6 is 0 Å². The molecule has 0 aliphatic carbocycles. The fourth-order valence-corrected chi connectivity index (χ4v) is 3.15. The number of aliphatic carboxylic acids is 1. The zero-order chi connectivity index (χ0) is 14.5. The summed E-state index contributed by atoms with van der Waals surface area (Å²) in [7, 11) is 0. The van der Waals surface area contributed by atoms with Gasteiger partial charge in [0, 0.05) is 23.0 Å². The molecule has 1 aliphatic rings. The molecular formula is C16H20N2O2. The third kappa shape index (κ3) is 1.75. The third-order valence-electron chi connectivity index (χ3n) is 4.67. The fraction of sp³-hybridized carbons (Fsp3) is 0.438. The summed E-state index contributed by atoms with van der Waals surface area (Å²) in [6.07, 6.45) is 0.525. The number of nitrogens with one attached hydrogen (secondary N) is 2. The Hall–Kier alpha value is -1.81. The molecule has 0 spiro atoms. The molecule has 1 unspecified atom stereocenters. The van der Waals surface area contributed by atoms with E-state index in [1.54, 1.807) is 0 Å². The Morgan fingerprint density at radius 2 is 2.10 bits per heavy atom. The molecule has 1 aromatic heterocycles. The average Bonchev–Trinajstić information content (AvgIpc) is 2.78. The maximum Gasteiger partial charge on any atom is 0.321 e. The quantitative estimate of drug-likeness (QED) is 0.787. The van der Waals surface area contributed by atoms with Crippen molar-refractivity contribution in [3.05, 3.63) is 35.5 Å². The van der Waals surface area contributed by atoms with Gasteiger partial charge in [-0.25, -0.2) is 0 Å². The van der Waals surface area contributed by atoms with Crippen molar-refractivity contribution in [3.8, 4) is 0 Å². The lowest BCUT2D eigenvalue weighted by atomic mass is 9.78. The van der Waals surface area contributed by atoms with Crippen molar-refractivity contribution in [1.82, 2.24) is 10.3 Å². The summed E-state index contributed by atoms with van der Waals surface area (Å²) in [6, 6.07) is 7.58. The monoisotopic (exact) mass is 272 g/mol. The average molecular weight is 272 g/mol. The van der Waals surface area contributed by atoms with Crippen LogP contribution in [-0.4, -0.2) is 22.1 Å². The van der Waals surface area contributed by atoms with Crippen LogP contribution in [-0.2, 0) is 16.8 Å². The van der Waals surface area contributed by atoms with Crippen LogP contribution in [0.5, 0.6) is 0 Å². The zero-order valence-electron chi connectivity index (χ0n) is 12.0. The van der Waals surface area contributed by atoms with Crippen LogP contribution in [0, 0.1) is 5.92 Å². The molecule has 3 rings (SSSR count). The maximum atomic E-state index is 11.5. The van der Waals surface area contributed by atoms with Gasteiger partial charge in [0.25, 0.3) is 0 Å². The summed E-state index contributed by atoms with van der Waals surface area (Å²) in [5.41, 5.74) is 3.00. The Morgan fingerprint density at radius 1 is 1.40 bits per heavy atom. The van der Waals surface area contributed by atoms with Crippen molar-refractivity contribution in [2.75, 3.05) is 0 Å². The number of aromatic amines is 1. The van der Waals surface area contributed by atoms with Gasteiger partial charge >= 0.3 is 5.97 Å². The van der Waals surface area contributed by atoms with Crippen molar-refractivity contribution in [1.29, 1.82) is 0 Å². The van der Waals surface area contributed by atoms with Crippen LogP contribution in [0.1, 0.15) is 32.0 Å². The minimum atomic E-state index is -0.784. The van der Waals surface area contributed by atoms with E-state index in [0.29, 0.717) is 6.42 Å². The van der Waals surface area contributed by atoms with Crippen molar-refractivity contribution < 1.29 is 9.90 Å². The lowest BCUT2D eigenvalue weighted by molar-refractivity contribution is -0.140. The van der Waals surface area contributed by atoms with E-state index in [-0.39, 0.29) is 11.5 Å². The van der Waals surface area contributed by atoms with Crippen LogP contribution in [0.4, 0.5) is 0 Å². The molecule has 0 fully saturated rings. The summed E-state index contributed by atoms with van der Waals surface area (Å²) in [4.78, 5) is 15.0. The van der Waals surface area contributed by atoms with Gasteiger partial charge < -0.3 is 10.1 Å². The molecule has 0 saturated heterocycles. The van der Waals surface area contributed by atoms with E-state index in [1.165, 1.54) is 0 Å². The van der Waals surface area contributed by atoms with E-state index in [9.17, 15) is 9.90 Å². The first kappa shape index (κ1) is 13.2. The Kier molecular flexibility index (Phi) is 2.87. The number of fused-ring (bicyclic) bond motifs is 3. The van der Waals surface area contributed by atoms with Gasteiger partial charge in [0.1, 0.15) is 6.04 Å². The molecule has 4 nitrogen and oxygen atoms in total. The predicted molar refractivity (Wildman–Crippen MR) is 78.8 cm³/mol. The highest BCUT2D eigenvalue weighted by Gasteiger charge is 2.42. The van der Waals surface area contributed by atoms with Crippen molar-refractivity contribution in [3.63, 3.8) is 0 Å². The number of carboxylic acids is 1. The molecule has 2 heterocycles. The number of H-pyrrole nitrogens is 1. The van der Waals surface area contributed by atoms with Gasteiger partial charge in [-0.2, -0.15) is 0 Å². The summed E-state index contributed by atoms with van der Waals surface area (Å²) < 4.78 is 0. The van der Waals surface area contributed by atoms with Gasteiger partial charge in [-0.3, -0.25) is 10.1 Å². The van der Waals surface area contributed by atoms with Crippen LogP contribution in [0.2, 0.25) is 0 Å². The van der Waals surface area contributed by atoms with E-state index in [0.717, 1.165) is 22.2 Å². The molecule has 1 aromatic carbocycles. The van der Waals surface area contributed by atoms with Gasteiger partial charge in [0.15, 0.2) is 0 Å². The van der Waals surface area contributed by atoms with Gasteiger partial charge in [0.05, 0.1) is 5.54 Å². The molecule has 2 aromatic rings. The number of carbonyl (C=O) groups is 1. The van der Waals surface area contributed by atoms with Crippen molar-refractivity contribution >= 4 is 16.9 Å². The Morgan fingerprint density at radius 3 is 2.75 bits per heavy atom. The van der Waals surface area contributed by atoms with Gasteiger partial charge in [-0.1, -0.05) is 32.0 Å². The first-order chi connectivity index (χ1) is 9.43. The second-order valence-electron chi connectivity index (χ2n) is 6.12. The Labute approximate surface area is 118 Å². The molecule has 106 valence electrons. The lowest BCUT2D eigenvalue weighted by Crippen LogP contribution is -2.56. The smallest absolute Gasteiger partial charge is 0.321 e. The largest absolute Gasteiger partial charge is 0.480 e. The predicted octanol–water partition coefficient (Wildman–Crippen LogP) is 2.64. The number of carboxylic acid groups (broad SMARTS) is 1. The molecule has 0 saturated carbocycles. The van der Waals surface area contributed by atoms with Gasteiger partial charge in [0.2, 0.25) is 0 Å². The van der Waals surface area contributed by atoms with Crippen LogP contribution < -0.4 is 5.32 Å². The number of benzene rings is 1. The number of hydrogen-bond donors (Lipinski definition) is 3. The summed E-state index contributed by atoms with van der Waals surface area (Å²) in [5.74, 6) is -0.496. The first-order valence-corrected chi connectivity index (χ1v) is 7.04. The number of hydrogen-bond acceptors (Lipinski definition) is 2. The van der Waals surface area contributed by atoms with Crippen molar-refractivity contribution in [2.45, 2.75) is 38.8 Å². The molecule has 20 heavy (non-hydrogen) atoms. The molecule has 1 aliphatic heterocycles. The van der Waals surface area contributed by atoms with Crippen LogP contribution in [0.25, 0.3) is 10.9 Å². The second-order valence-corrected chi connectivity index (χ2v) is 6.12. The molecule has 0 bridgehead atoms. The topological polar surface area (TPSA) is 65.1 Å². The van der Waals surface area contributed by atoms with E-state index >= 15 is 0 Å². The Balaban J connectivity index is 2.25. The first-order valence-electron chi connectivity index (χ1n) is 7.04. The van der Waals surface area contributed by atoms with E-state index in [1.807, 2.05) is 18.2 Å². The second kappa shape index (κ2) is 4.35. The summed E-state index contributed by atoms with van der Waals surface area (Å²) >= 11 is 0. The minimum Gasteiger partial charge on any atom is -0.480 e. The number of aromatic nitrogens is 1. The van der Waals surface area contributed by atoms with E-state index in [2.05, 4.69) is 37.1 Å². The zero-order valence-corrected chi connectivity index (χ0v) is 12.0. The highest BCUT2D eigenvalue weighted by atomic mass is 16.4. The van der Waals surface area contributed by atoms with Gasteiger partial charge in [-0.05, 0) is 24.5 Å². The Bertz CT molecular complexity index is 674. The summed E-state index contributed by atoms with van der Waals surface area (Å²) in [5, 5.41) is 13.9. The normalized spacial score (nSPS) is 25.9. The van der Waals surface area contributed by atoms with E-state index in [4.69, 9.17) is 0 Å². The number of rotatable bonds is 2. The number of para-hydroxylation sites is 1. The third-order valence-corrected chi connectivity index (χ3v) is 4.67. The lowest BCUT2D eigenvalue weighted by Gasteiger charge is -2.41. The molecule has 2 atom stereocenters. The maximum absolute atomic E-state index is 11.5. The molecule has 0 amide bonds. The molecular weight excluding hydrogens is 252 g/mol. The highest BCUT2D eigenvalue weighted by Crippen LogP contribution is 2.39. The van der Waals surface area contributed by atoms with E-state index < -0.39 is 12.0 Å². The highest BCUT2D eigenvalue weighted by molar-refractivity contribution is 5.87. The molecule has 4 heteroatoms. The SMILES string of the molecule is CC(C)C1(C)N[C@H](C(=O)O)Cc2c1[nH]c1ccccc21.